The van der Waals surface area contributed by atoms with Crippen LogP contribution >= 0.6 is 11.6 Å². The second kappa shape index (κ2) is 6.99. The number of halogens is 1. The molecular weight excluding hydrogens is 372 g/mol. The van der Waals surface area contributed by atoms with Crippen LogP contribution in [0.15, 0.2) is 64.4 Å². The molecule has 0 bridgehead atoms. The zero-order valence-electron chi connectivity index (χ0n) is 15.4. The summed E-state index contributed by atoms with van der Waals surface area (Å²) in [6.45, 7) is 0.904. The van der Waals surface area contributed by atoms with E-state index >= 15 is 0 Å². The molecule has 2 aromatic carbocycles. The summed E-state index contributed by atoms with van der Waals surface area (Å²) in [6.07, 6.45) is 4.12. The summed E-state index contributed by atoms with van der Waals surface area (Å²) in [4.78, 5) is 20.5. The van der Waals surface area contributed by atoms with Crippen LogP contribution in [0.1, 0.15) is 37.4 Å². The third-order valence-corrected chi connectivity index (χ3v) is 5.80. The summed E-state index contributed by atoms with van der Waals surface area (Å²) < 4.78 is 1.61. The Labute approximate surface area is 167 Å². The minimum atomic E-state index is -0.139. The molecule has 1 fully saturated rings. The lowest BCUT2D eigenvalue weighted by atomic mass is 10.1. The monoisotopic (exact) mass is 392 g/mol. The van der Waals surface area contributed by atoms with Crippen molar-refractivity contribution in [1.29, 1.82) is 0 Å². The van der Waals surface area contributed by atoms with Crippen LogP contribution in [0.2, 0.25) is 5.02 Å². The molecule has 0 spiro atoms. The molecule has 0 radical (unpaired) electrons. The van der Waals surface area contributed by atoms with Gasteiger partial charge in [0.2, 0.25) is 0 Å². The first kappa shape index (κ1) is 17.3. The van der Waals surface area contributed by atoms with Gasteiger partial charge in [-0.1, -0.05) is 48.4 Å². The fraction of sp³-hybridized carbons (Fsp3) is 0.273. The molecule has 0 amide bonds. The fourth-order valence-electron chi connectivity index (χ4n) is 4.19. The van der Waals surface area contributed by atoms with Crippen molar-refractivity contribution >= 4 is 17.3 Å². The van der Waals surface area contributed by atoms with Gasteiger partial charge in [0.15, 0.2) is 5.49 Å². The third kappa shape index (κ3) is 2.87. The molecule has 1 atom stereocenters. The predicted molar refractivity (Wildman–Crippen MR) is 110 cm³/mol. The molecule has 1 N–H and O–H groups in total. The van der Waals surface area contributed by atoms with Gasteiger partial charge in [0, 0.05) is 17.3 Å². The summed E-state index contributed by atoms with van der Waals surface area (Å²) in [6, 6.07) is 17.5. The number of hydrogen-bond donors (Lipinski definition) is 1. The highest BCUT2D eigenvalue weighted by Gasteiger charge is 2.29. The van der Waals surface area contributed by atoms with Crippen molar-refractivity contribution in [2.75, 3.05) is 6.54 Å². The summed E-state index contributed by atoms with van der Waals surface area (Å²) in [5.41, 5.74) is 3.66. The number of aromatic amines is 1. The Morgan fingerprint density at radius 3 is 2.57 bits per heavy atom. The lowest BCUT2D eigenvalue weighted by Gasteiger charge is -2.33. The van der Waals surface area contributed by atoms with Gasteiger partial charge in [-0.05, 0) is 49.1 Å². The summed E-state index contributed by atoms with van der Waals surface area (Å²) in [7, 11) is 0. The maximum absolute atomic E-state index is 13.3. The second-order valence-corrected chi connectivity index (χ2v) is 7.75. The number of fused-ring (bicyclic) bond motifs is 2. The number of nitrogens with one attached hydrogen (secondary N) is 1. The molecule has 2 aliphatic rings. The zero-order valence-corrected chi connectivity index (χ0v) is 16.2. The molecule has 5 rings (SSSR count). The highest BCUT2D eigenvalue weighted by molar-refractivity contribution is 6.30. The van der Waals surface area contributed by atoms with Gasteiger partial charge < -0.3 is 4.90 Å². The molecule has 1 saturated heterocycles. The Balaban J connectivity index is 1.75. The Bertz CT molecular complexity index is 1180. The van der Waals surface area contributed by atoms with E-state index in [0.29, 0.717) is 10.5 Å². The predicted octanol–water partition coefficient (Wildman–Crippen LogP) is 3.14. The number of aromatic nitrogens is 2. The van der Waals surface area contributed by atoms with Crippen molar-refractivity contribution in [2.24, 2.45) is 4.99 Å². The van der Waals surface area contributed by atoms with E-state index < -0.39 is 0 Å². The average Bonchev–Trinajstić information content (AvgIpc) is 2.90. The largest absolute Gasteiger partial charge is 0.349 e. The molecule has 28 heavy (non-hydrogen) atoms. The first-order valence-electron chi connectivity index (χ1n) is 9.72. The molecule has 1 aromatic heterocycles. The van der Waals surface area contributed by atoms with E-state index in [-0.39, 0.29) is 11.7 Å². The molecule has 142 valence electrons. The maximum atomic E-state index is 13.3. The van der Waals surface area contributed by atoms with Crippen molar-refractivity contribution in [3.8, 4) is 5.69 Å². The Hall–Kier alpha value is -2.79. The Kier molecular flexibility index (Phi) is 4.32. The number of benzene rings is 2. The normalized spacial score (nSPS) is 18.8. The SMILES string of the molecule is O=c1c2c([nH]n1-c1ccccc1)=N[C@@H](c1ccc(Cl)cc1)N1CCCCCC=21. The van der Waals surface area contributed by atoms with Gasteiger partial charge in [-0.2, -0.15) is 0 Å². The van der Waals surface area contributed by atoms with Crippen LogP contribution in [0.5, 0.6) is 0 Å². The number of para-hydroxylation sites is 1. The van der Waals surface area contributed by atoms with E-state index in [4.69, 9.17) is 16.6 Å². The van der Waals surface area contributed by atoms with Crippen molar-refractivity contribution in [3.63, 3.8) is 0 Å². The Morgan fingerprint density at radius 2 is 1.79 bits per heavy atom. The summed E-state index contributed by atoms with van der Waals surface area (Å²) >= 11 is 6.09. The van der Waals surface area contributed by atoms with Gasteiger partial charge in [0.25, 0.3) is 5.56 Å². The quantitative estimate of drug-likeness (QED) is 0.728. The lowest BCUT2D eigenvalue weighted by Crippen LogP contribution is -2.46. The fourth-order valence-corrected chi connectivity index (χ4v) is 4.31. The van der Waals surface area contributed by atoms with Crippen LogP contribution < -0.4 is 16.3 Å². The van der Waals surface area contributed by atoms with Crippen LogP contribution in [0.4, 0.5) is 0 Å². The summed E-state index contributed by atoms with van der Waals surface area (Å²) in [5, 5.41) is 4.68. The van der Waals surface area contributed by atoms with E-state index in [1.165, 1.54) is 6.42 Å². The van der Waals surface area contributed by atoms with Gasteiger partial charge in [-0.3, -0.25) is 9.89 Å². The van der Waals surface area contributed by atoms with Crippen LogP contribution in [0.25, 0.3) is 11.4 Å². The molecule has 0 unspecified atom stereocenters. The first-order valence-corrected chi connectivity index (χ1v) is 10.1. The average molecular weight is 393 g/mol. The van der Waals surface area contributed by atoms with Gasteiger partial charge in [0.1, 0.15) is 11.4 Å². The van der Waals surface area contributed by atoms with E-state index in [9.17, 15) is 4.79 Å². The van der Waals surface area contributed by atoms with Crippen LogP contribution in [-0.4, -0.2) is 21.2 Å². The highest BCUT2D eigenvalue weighted by atomic mass is 35.5. The topological polar surface area (TPSA) is 53.4 Å². The smallest absolute Gasteiger partial charge is 0.282 e. The lowest BCUT2D eigenvalue weighted by molar-refractivity contribution is 0.289. The van der Waals surface area contributed by atoms with E-state index in [1.54, 1.807) is 4.68 Å². The molecule has 3 aromatic rings. The molecule has 5 nitrogen and oxygen atoms in total. The maximum Gasteiger partial charge on any atom is 0.282 e. The van der Waals surface area contributed by atoms with Gasteiger partial charge >= 0.3 is 0 Å². The second-order valence-electron chi connectivity index (χ2n) is 7.32. The van der Waals surface area contributed by atoms with Crippen molar-refractivity contribution in [1.82, 2.24) is 14.7 Å². The van der Waals surface area contributed by atoms with Crippen LogP contribution in [0, 0.1) is 0 Å². The standard InChI is InChI=1S/C22H21ClN4O/c23-16-12-10-15(11-13-16)21-24-20-19(18-9-5-2-6-14-26(18)21)22(28)27(25-20)17-7-3-1-4-8-17/h1,3-4,7-8,10-13,21H,2,5-6,9,14H2,(H,24,25)/t21-/m1/s1. The zero-order chi connectivity index (χ0) is 19.1. The minimum absolute atomic E-state index is 0.0265. The first-order chi connectivity index (χ1) is 13.7. The Morgan fingerprint density at radius 1 is 1.00 bits per heavy atom. The number of H-pyrrole nitrogens is 1. The number of hydrogen-bond acceptors (Lipinski definition) is 3. The van der Waals surface area contributed by atoms with Gasteiger partial charge in [-0.25, -0.2) is 9.67 Å². The van der Waals surface area contributed by atoms with E-state index in [1.807, 2.05) is 54.6 Å². The number of nitrogens with zero attached hydrogens (tertiary/aromatic N) is 3. The molecule has 2 aliphatic heterocycles. The van der Waals surface area contributed by atoms with E-state index in [0.717, 1.165) is 48.0 Å². The van der Waals surface area contributed by atoms with Gasteiger partial charge in [-0.15, -0.1) is 0 Å². The molecule has 3 heterocycles. The van der Waals surface area contributed by atoms with Crippen molar-refractivity contribution in [3.05, 3.63) is 86.2 Å². The van der Waals surface area contributed by atoms with E-state index in [2.05, 4.69) is 10.00 Å². The van der Waals surface area contributed by atoms with Crippen molar-refractivity contribution in [2.45, 2.75) is 31.8 Å². The highest BCUT2D eigenvalue weighted by Crippen LogP contribution is 2.32. The third-order valence-electron chi connectivity index (χ3n) is 5.55. The van der Waals surface area contributed by atoms with Crippen LogP contribution in [0.3, 0.4) is 0 Å². The van der Waals surface area contributed by atoms with Gasteiger partial charge in [0.05, 0.1) is 5.69 Å². The minimum Gasteiger partial charge on any atom is -0.349 e. The van der Waals surface area contributed by atoms with Crippen molar-refractivity contribution < 1.29 is 0 Å². The molecule has 6 heteroatoms. The summed E-state index contributed by atoms with van der Waals surface area (Å²) in [5.74, 6) is 0. The molecular formula is C22H21ClN4O. The number of rotatable bonds is 2. The van der Waals surface area contributed by atoms with Crippen LogP contribution in [-0.2, 0) is 0 Å². The molecule has 0 saturated carbocycles. The molecule has 0 aliphatic carbocycles.